The number of Topliss-reactive ketones (excluding diaryl/α,β-unsaturated/α-hetero) is 1. The Bertz CT molecular complexity index is 1300. The van der Waals surface area contributed by atoms with Crippen molar-refractivity contribution in [2.75, 3.05) is 19.6 Å². The molecule has 4 fully saturated rings. The first-order valence-corrected chi connectivity index (χ1v) is 19.4. The smallest absolute Gasteiger partial charge is 0.309 e. The number of fused-ring (bicyclic) bond motifs is 7. The molecule has 8 unspecified atom stereocenters. The van der Waals surface area contributed by atoms with Gasteiger partial charge < -0.3 is 15.6 Å². The molecule has 8 atom stereocenters. The molecule has 0 bridgehead atoms. The minimum Gasteiger partial charge on any atom is -0.481 e. The van der Waals surface area contributed by atoms with Crippen LogP contribution in [-0.4, -0.2) is 59.5 Å². The minimum atomic E-state index is -1.14. The van der Waals surface area contributed by atoms with Crippen LogP contribution in [0.4, 0.5) is 0 Å². The zero-order chi connectivity index (χ0) is 35.6. The fourth-order valence-electron chi connectivity index (χ4n) is 12.7. The normalized spacial score (nSPS) is 37.7. The molecular weight excluding hydrogens is 600 g/mol. The largest absolute Gasteiger partial charge is 0.481 e. The van der Waals surface area contributed by atoms with Gasteiger partial charge in [0.1, 0.15) is 6.10 Å². The summed E-state index contributed by atoms with van der Waals surface area (Å²) in [5.74, 6) is 1.44. The molecule has 0 aromatic rings. The highest BCUT2D eigenvalue weighted by atomic mass is 16.5. The van der Waals surface area contributed by atoms with E-state index in [1.54, 1.807) is 19.4 Å². The number of carbonyl (C=O) groups is 3. The number of carbonyl (C=O) groups excluding carboxylic acids is 2. The number of hydrogen-bond acceptors (Lipinski definition) is 6. The molecule has 5 aliphatic rings. The maximum atomic E-state index is 13.9. The van der Waals surface area contributed by atoms with Gasteiger partial charge in [-0.05, 0) is 138 Å². The van der Waals surface area contributed by atoms with Crippen molar-refractivity contribution in [3.05, 3.63) is 11.1 Å². The minimum absolute atomic E-state index is 0.00300. The molecule has 0 heterocycles. The molecule has 3 N–H and O–H groups in total. The van der Waals surface area contributed by atoms with Gasteiger partial charge in [0.25, 0.3) is 0 Å². The van der Waals surface area contributed by atoms with Crippen molar-refractivity contribution in [3.63, 3.8) is 0 Å². The molecule has 5 rings (SSSR count). The second-order valence-electron chi connectivity index (χ2n) is 19.2. The standard InChI is InChI=1S/C41H68N2O5/c1-25(2)34-29(44)23-41(19-21-43(22-20-42)26(3)4)18-13-28-27(35(34)41)11-12-31-39(28,9)16-14-30-38(7,8)32(15-17-40(30,31)10)48-33(45)24-37(5,6)36(46)47/h25-28,30-32H,11-24,42H2,1-10H3,(H,46,47). The van der Waals surface area contributed by atoms with Gasteiger partial charge in [0.05, 0.1) is 11.8 Å². The van der Waals surface area contributed by atoms with Crippen LogP contribution in [0.25, 0.3) is 0 Å². The Labute approximate surface area is 291 Å². The van der Waals surface area contributed by atoms with Gasteiger partial charge in [-0.15, -0.1) is 0 Å². The molecule has 5 aliphatic carbocycles. The summed E-state index contributed by atoms with van der Waals surface area (Å²) in [5.41, 5.74) is 7.81. The van der Waals surface area contributed by atoms with Gasteiger partial charge in [0, 0.05) is 36.4 Å². The highest BCUT2D eigenvalue weighted by molar-refractivity contribution is 6.00. The highest BCUT2D eigenvalue weighted by Gasteiger charge is 2.66. The molecule has 0 aliphatic heterocycles. The van der Waals surface area contributed by atoms with Crippen molar-refractivity contribution >= 4 is 17.7 Å². The molecular formula is C41H68N2O5. The van der Waals surface area contributed by atoms with E-state index in [1.807, 2.05) is 0 Å². The maximum Gasteiger partial charge on any atom is 0.309 e. The summed E-state index contributed by atoms with van der Waals surface area (Å²) >= 11 is 0. The quantitative estimate of drug-likeness (QED) is 0.214. The average molecular weight is 669 g/mol. The molecule has 4 saturated carbocycles. The van der Waals surface area contributed by atoms with Gasteiger partial charge in [-0.25, -0.2) is 0 Å². The molecule has 0 saturated heterocycles. The first kappa shape index (κ1) is 37.5. The van der Waals surface area contributed by atoms with Crippen molar-refractivity contribution in [2.24, 2.45) is 62.4 Å². The van der Waals surface area contributed by atoms with Gasteiger partial charge in [-0.1, -0.05) is 47.1 Å². The van der Waals surface area contributed by atoms with Crippen LogP contribution in [0.15, 0.2) is 11.1 Å². The van der Waals surface area contributed by atoms with Crippen LogP contribution < -0.4 is 5.73 Å². The zero-order valence-corrected chi connectivity index (χ0v) is 32.0. The zero-order valence-electron chi connectivity index (χ0n) is 32.0. The highest BCUT2D eigenvalue weighted by Crippen LogP contribution is 2.73. The van der Waals surface area contributed by atoms with Crippen molar-refractivity contribution in [1.29, 1.82) is 0 Å². The summed E-state index contributed by atoms with van der Waals surface area (Å²) in [6.45, 7) is 24.5. The van der Waals surface area contributed by atoms with Crippen LogP contribution in [0.1, 0.15) is 140 Å². The van der Waals surface area contributed by atoms with E-state index in [2.05, 4.69) is 60.3 Å². The van der Waals surface area contributed by atoms with Gasteiger partial charge in [0.15, 0.2) is 5.78 Å². The Morgan fingerprint density at radius 2 is 1.60 bits per heavy atom. The number of aliphatic carboxylic acids is 1. The van der Waals surface area contributed by atoms with E-state index in [0.717, 1.165) is 45.2 Å². The molecule has 7 nitrogen and oxygen atoms in total. The van der Waals surface area contributed by atoms with Gasteiger partial charge in [-0.3, -0.25) is 19.3 Å². The number of ether oxygens (including phenoxy) is 1. The van der Waals surface area contributed by atoms with Crippen LogP contribution in [0, 0.1) is 56.7 Å². The lowest BCUT2D eigenvalue weighted by Crippen LogP contribution is -2.63. The lowest BCUT2D eigenvalue weighted by atomic mass is 9.36. The van der Waals surface area contributed by atoms with E-state index in [9.17, 15) is 19.5 Å². The molecule has 272 valence electrons. The third-order valence-electron chi connectivity index (χ3n) is 15.1. The van der Waals surface area contributed by atoms with Gasteiger partial charge in [0.2, 0.25) is 0 Å². The Balaban J connectivity index is 1.40. The molecule has 0 aromatic heterocycles. The lowest BCUT2D eigenvalue weighted by molar-refractivity contribution is -0.214. The lowest BCUT2D eigenvalue weighted by Gasteiger charge is -2.69. The van der Waals surface area contributed by atoms with Crippen LogP contribution in [0.3, 0.4) is 0 Å². The number of allylic oxidation sites excluding steroid dienone is 2. The summed E-state index contributed by atoms with van der Waals surface area (Å²) in [4.78, 5) is 41.1. The van der Waals surface area contributed by atoms with E-state index < -0.39 is 17.4 Å². The molecule has 48 heavy (non-hydrogen) atoms. The number of carboxylic acid groups (broad SMARTS) is 1. The topological polar surface area (TPSA) is 110 Å². The second-order valence-corrected chi connectivity index (χ2v) is 19.2. The predicted molar refractivity (Wildman–Crippen MR) is 191 cm³/mol. The molecule has 0 spiro atoms. The number of nitrogens with zero attached hydrogens (tertiary/aromatic N) is 1. The second kappa shape index (κ2) is 13.1. The number of ketones is 1. The SMILES string of the molecule is CC(C)C1=C2C3CCC4C(C)(CCC5C(C)(C)C(OC(=O)CC(C)(C)C(=O)O)CCC54C)C3CCC2(CCN(CCN)C(C)C)CC1=O. The molecule has 7 heteroatoms. The summed E-state index contributed by atoms with van der Waals surface area (Å²) < 4.78 is 6.16. The van der Waals surface area contributed by atoms with Crippen LogP contribution in [-0.2, 0) is 19.1 Å². The van der Waals surface area contributed by atoms with Crippen LogP contribution in [0.2, 0.25) is 0 Å². The third-order valence-corrected chi connectivity index (χ3v) is 15.1. The summed E-state index contributed by atoms with van der Waals surface area (Å²) in [6.07, 6.45) is 10.3. The fraction of sp³-hybridized carbons (Fsp3) is 0.878. The van der Waals surface area contributed by atoms with E-state index in [-0.39, 0.29) is 40.1 Å². The van der Waals surface area contributed by atoms with Crippen molar-refractivity contribution < 1.29 is 24.2 Å². The van der Waals surface area contributed by atoms with Gasteiger partial charge >= 0.3 is 11.9 Å². The Morgan fingerprint density at radius 1 is 0.938 bits per heavy atom. The monoisotopic (exact) mass is 669 g/mol. The fourth-order valence-corrected chi connectivity index (χ4v) is 12.7. The van der Waals surface area contributed by atoms with Crippen LogP contribution >= 0.6 is 0 Å². The molecule has 0 aromatic carbocycles. The summed E-state index contributed by atoms with van der Waals surface area (Å²) in [7, 11) is 0. The first-order valence-electron chi connectivity index (χ1n) is 19.4. The van der Waals surface area contributed by atoms with E-state index in [0.29, 0.717) is 48.5 Å². The van der Waals surface area contributed by atoms with Gasteiger partial charge in [-0.2, -0.15) is 0 Å². The average Bonchev–Trinajstić information content (AvgIpc) is 3.28. The van der Waals surface area contributed by atoms with E-state index in [1.165, 1.54) is 31.3 Å². The van der Waals surface area contributed by atoms with E-state index >= 15 is 0 Å². The maximum absolute atomic E-state index is 13.9. The molecule has 0 radical (unpaired) electrons. The number of hydrogen-bond donors (Lipinski definition) is 2. The Kier molecular flexibility index (Phi) is 10.2. The third kappa shape index (κ3) is 6.13. The van der Waals surface area contributed by atoms with Crippen LogP contribution in [0.5, 0.6) is 0 Å². The van der Waals surface area contributed by atoms with Crippen molar-refractivity contribution in [2.45, 2.75) is 152 Å². The Hall–Kier alpha value is -1.73. The molecule has 0 amide bonds. The van der Waals surface area contributed by atoms with E-state index in [4.69, 9.17) is 10.5 Å². The van der Waals surface area contributed by atoms with Crippen molar-refractivity contribution in [1.82, 2.24) is 4.90 Å². The number of esters is 1. The van der Waals surface area contributed by atoms with Crippen molar-refractivity contribution in [3.8, 4) is 0 Å². The number of rotatable bonds is 11. The first-order chi connectivity index (χ1) is 22.2. The number of nitrogens with two attached hydrogens (primary N) is 1. The summed E-state index contributed by atoms with van der Waals surface area (Å²) in [5, 5.41) is 9.58. The predicted octanol–water partition coefficient (Wildman–Crippen LogP) is 8.05. The summed E-state index contributed by atoms with van der Waals surface area (Å²) in [6, 6.07) is 0.445. The Morgan fingerprint density at radius 3 is 2.21 bits per heavy atom. The number of carboxylic acids is 1.